The third-order valence-electron chi connectivity index (χ3n) is 2.79. The maximum atomic E-state index is 11.7. The lowest BCUT2D eigenvalue weighted by atomic mass is 10.4. The number of nitrogens with one attached hydrogen (secondary N) is 1. The van der Waals surface area contributed by atoms with Gasteiger partial charge in [-0.05, 0) is 13.0 Å². The molecule has 0 saturated carbocycles. The number of carbonyl (C=O) groups excluding carboxylic acids is 1. The number of hydrogen-bond acceptors (Lipinski definition) is 7. The van der Waals surface area contributed by atoms with Crippen LogP contribution in [0, 0.1) is 6.92 Å². The molecule has 22 heavy (non-hydrogen) atoms. The first-order valence-corrected chi connectivity index (χ1v) is 8.80. The van der Waals surface area contributed by atoms with Crippen molar-refractivity contribution in [3.05, 3.63) is 17.3 Å². The number of nitrogens with zero attached hydrogens (tertiary/aromatic N) is 2. The second-order valence-corrected chi connectivity index (χ2v) is 6.86. The van der Waals surface area contributed by atoms with Gasteiger partial charge in [-0.1, -0.05) is 0 Å². The first-order chi connectivity index (χ1) is 10.7. The molecule has 0 aliphatic rings. The molecule has 0 aliphatic heterocycles. The van der Waals surface area contributed by atoms with Crippen LogP contribution in [0.4, 0.5) is 0 Å². The summed E-state index contributed by atoms with van der Waals surface area (Å²) in [5.74, 6) is 0.663. The highest BCUT2D eigenvalue weighted by Gasteiger charge is 2.08. The Morgan fingerprint density at radius 3 is 3.14 bits per heavy atom. The maximum absolute atomic E-state index is 11.7. The zero-order chi connectivity index (χ0) is 15.8. The summed E-state index contributed by atoms with van der Waals surface area (Å²) in [5.41, 5.74) is 0. The Morgan fingerprint density at radius 1 is 1.45 bits per heavy atom. The summed E-state index contributed by atoms with van der Waals surface area (Å²) in [4.78, 5) is 22.4. The second kappa shape index (κ2) is 9.04. The van der Waals surface area contributed by atoms with Crippen LogP contribution in [0.25, 0.3) is 10.2 Å². The number of fused-ring (bicyclic) bond motifs is 1. The van der Waals surface area contributed by atoms with Crippen LogP contribution in [0.2, 0.25) is 0 Å². The normalized spacial score (nSPS) is 11.0. The number of amides is 1. The molecule has 1 amide bonds. The van der Waals surface area contributed by atoms with E-state index in [1.54, 1.807) is 29.4 Å². The van der Waals surface area contributed by atoms with Crippen molar-refractivity contribution in [3.8, 4) is 0 Å². The van der Waals surface area contributed by atoms with Crippen molar-refractivity contribution in [2.75, 3.05) is 32.1 Å². The van der Waals surface area contributed by atoms with Gasteiger partial charge in [0.05, 0.1) is 19.8 Å². The molecule has 0 saturated heterocycles. The summed E-state index contributed by atoms with van der Waals surface area (Å²) in [5, 5.41) is 13.3. The number of aliphatic hydroxyl groups is 1. The summed E-state index contributed by atoms with van der Waals surface area (Å²) in [6, 6.07) is 2.08. The predicted octanol–water partition coefficient (Wildman–Crippen LogP) is 1.61. The van der Waals surface area contributed by atoms with Crippen LogP contribution < -0.4 is 5.32 Å². The number of aryl methyl sites for hydroxylation is 1. The summed E-state index contributed by atoms with van der Waals surface area (Å²) in [6.07, 6.45) is 2.00. The van der Waals surface area contributed by atoms with E-state index < -0.39 is 0 Å². The molecule has 0 radical (unpaired) electrons. The molecule has 0 unspecified atom stereocenters. The lowest BCUT2D eigenvalue weighted by Crippen LogP contribution is -2.27. The average molecular weight is 341 g/mol. The van der Waals surface area contributed by atoms with Crippen molar-refractivity contribution < 1.29 is 14.6 Å². The average Bonchev–Trinajstić information content (AvgIpc) is 2.88. The summed E-state index contributed by atoms with van der Waals surface area (Å²) < 4.78 is 5.07. The van der Waals surface area contributed by atoms with Crippen molar-refractivity contribution in [2.45, 2.75) is 18.4 Å². The minimum atomic E-state index is -0.00750. The van der Waals surface area contributed by atoms with Crippen LogP contribution in [0.5, 0.6) is 0 Å². The summed E-state index contributed by atoms with van der Waals surface area (Å²) in [7, 11) is 0. The van der Waals surface area contributed by atoms with Gasteiger partial charge in [-0.3, -0.25) is 4.79 Å². The van der Waals surface area contributed by atoms with Gasteiger partial charge in [-0.15, -0.1) is 23.1 Å². The van der Waals surface area contributed by atoms with Crippen LogP contribution in [-0.2, 0) is 9.53 Å². The molecule has 2 aromatic heterocycles. The quantitative estimate of drug-likeness (QED) is 0.409. The molecule has 2 rings (SSSR count). The number of aromatic nitrogens is 2. The Labute approximate surface area is 137 Å². The topological polar surface area (TPSA) is 84.3 Å². The number of carbonyl (C=O) groups is 1. The minimum Gasteiger partial charge on any atom is -0.394 e. The molecule has 0 aliphatic carbocycles. The van der Waals surface area contributed by atoms with Crippen LogP contribution in [0.3, 0.4) is 0 Å². The number of aliphatic hydroxyl groups excluding tert-OH is 1. The van der Waals surface area contributed by atoms with E-state index in [9.17, 15) is 4.79 Å². The first-order valence-electron chi connectivity index (χ1n) is 7.00. The number of thioether (sulfide) groups is 1. The van der Waals surface area contributed by atoms with E-state index in [2.05, 4.69) is 21.4 Å². The molecule has 2 N–H and O–H groups in total. The van der Waals surface area contributed by atoms with E-state index in [1.807, 2.05) is 6.92 Å². The highest BCUT2D eigenvalue weighted by Crippen LogP contribution is 2.30. The van der Waals surface area contributed by atoms with Crippen molar-refractivity contribution >= 4 is 39.2 Å². The van der Waals surface area contributed by atoms with E-state index in [1.165, 1.54) is 4.88 Å². The molecule has 120 valence electrons. The van der Waals surface area contributed by atoms with E-state index in [4.69, 9.17) is 9.84 Å². The first kappa shape index (κ1) is 17.1. The van der Waals surface area contributed by atoms with Crippen LogP contribution in [-0.4, -0.2) is 53.1 Å². The zero-order valence-electron chi connectivity index (χ0n) is 12.4. The fraction of sp³-hybridized carbons (Fsp3) is 0.500. The summed E-state index contributed by atoms with van der Waals surface area (Å²) >= 11 is 3.22. The standard InChI is InChI=1S/C14H19N3O3S2/c1-10-8-11-13(16-9-17-14(11)22-10)21-7-2-12(19)15-3-5-20-6-4-18/h8-9,18H,2-7H2,1H3,(H,15,19). The Morgan fingerprint density at radius 2 is 2.32 bits per heavy atom. The van der Waals surface area contributed by atoms with Gasteiger partial charge in [0.1, 0.15) is 16.2 Å². The molecule has 6 nitrogen and oxygen atoms in total. The highest BCUT2D eigenvalue weighted by atomic mass is 32.2. The predicted molar refractivity (Wildman–Crippen MR) is 88.4 cm³/mol. The van der Waals surface area contributed by atoms with Crippen molar-refractivity contribution in [1.82, 2.24) is 15.3 Å². The van der Waals surface area contributed by atoms with E-state index in [-0.39, 0.29) is 12.5 Å². The Bertz CT molecular complexity index is 618. The van der Waals surface area contributed by atoms with Gasteiger partial charge in [-0.2, -0.15) is 0 Å². The molecule has 0 bridgehead atoms. The van der Waals surface area contributed by atoms with Crippen molar-refractivity contribution in [3.63, 3.8) is 0 Å². The van der Waals surface area contributed by atoms with Crippen molar-refractivity contribution in [1.29, 1.82) is 0 Å². The fourth-order valence-corrected chi connectivity index (χ4v) is 3.65. The lowest BCUT2D eigenvalue weighted by Gasteiger charge is -2.05. The molecule has 0 spiro atoms. The van der Waals surface area contributed by atoms with Gasteiger partial charge in [0, 0.05) is 29.0 Å². The molecule has 2 heterocycles. The highest BCUT2D eigenvalue weighted by molar-refractivity contribution is 7.99. The van der Waals surface area contributed by atoms with E-state index in [0.29, 0.717) is 31.9 Å². The largest absolute Gasteiger partial charge is 0.394 e. The van der Waals surface area contributed by atoms with Gasteiger partial charge < -0.3 is 15.2 Å². The maximum Gasteiger partial charge on any atom is 0.220 e. The van der Waals surface area contributed by atoms with Gasteiger partial charge in [-0.25, -0.2) is 9.97 Å². The number of rotatable bonds is 9. The Balaban J connectivity index is 1.72. The fourth-order valence-electron chi connectivity index (χ4n) is 1.83. The minimum absolute atomic E-state index is 0.0000467. The molecular weight excluding hydrogens is 322 g/mol. The van der Waals surface area contributed by atoms with Gasteiger partial charge in [0.2, 0.25) is 5.91 Å². The van der Waals surface area contributed by atoms with Crippen LogP contribution in [0.1, 0.15) is 11.3 Å². The summed E-state index contributed by atoms with van der Waals surface area (Å²) in [6.45, 7) is 3.23. The van der Waals surface area contributed by atoms with Gasteiger partial charge in [0.15, 0.2) is 0 Å². The molecule has 0 fully saturated rings. The smallest absolute Gasteiger partial charge is 0.220 e. The molecular formula is C14H19N3O3S2. The second-order valence-electron chi connectivity index (χ2n) is 4.54. The van der Waals surface area contributed by atoms with Crippen LogP contribution >= 0.6 is 23.1 Å². The van der Waals surface area contributed by atoms with E-state index in [0.717, 1.165) is 15.2 Å². The third kappa shape index (κ3) is 5.20. The lowest BCUT2D eigenvalue weighted by molar-refractivity contribution is -0.120. The molecule has 0 atom stereocenters. The number of thiophene rings is 1. The number of hydrogen-bond donors (Lipinski definition) is 2. The zero-order valence-corrected chi connectivity index (χ0v) is 14.0. The number of ether oxygens (including phenoxy) is 1. The van der Waals surface area contributed by atoms with Gasteiger partial charge in [0.25, 0.3) is 0 Å². The van der Waals surface area contributed by atoms with Crippen LogP contribution in [0.15, 0.2) is 17.4 Å². The Kier molecular flexibility index (Phi) is 7.04. The monoisotopic (exact) mass is 341 g/mol. The third-order valence-corrected chi connectivity index (χ3v) is 4.75. The molecule has 0 aromatic carbocycles. The Hall–Kier alpha value is -1.22. The van der Waals surface area contributed by atoms with Crippen molar-refractivity contribution in [2.24, 2.45) is 0 Å². The van der Waals surface area contributed by atoms with Gasteiger partial charge >= 0.3 is 0 Å². The molecule has 2 aromatic rings. The SMILES string of the molecule is Cc1cc2c(SCCC(=O)NCCOCCO)ncnc2s1. The van der Waals surface area contributed by atoms with E-state index >= 15 is 0 Å². The molecule has 8 heteroatoms.